The van der Waals surface area contributed by atoms with Gasteiger partial charge in [0.2, 0.25) is 10.0 Å². The molecule has 2 atom stereocenters. The number of hydrogen-bond donors (Lipinski definition) is 4. The molecule has 0 aromatic carbocycles. The number of carbonyl (C=O) groups excluding carboxylic acids is 1. The van der Waals surface area contributed by atoms with Gasteiger partial charge in [0.25, 0.3) is 0 Å². The highest BCUT2D eigenvalue weighted by atomic mass is 32.2. The van der Waals surface area contributed by atoms with Gasteiger partial charge in [-0.05, 0) is 19.9 Å². The summed E-state index contributed by atoms with van der Waals surface area (Å²) in [4.78, 5) is 22.4. The number of nitrogens with one attached hydrogen (secondary N) is 3. The summed E-state index contributed by atoms with van der Waals surface area (Å²) in [5.41, 5.74) is 0. The Kier molecular flexibility index (Phi) is 5.55. The predicted molar refractivity (Wildman–Crippen MR) is 68.1 cm³/mol. The Morgan fingerprint density at radius 1 is 1.32 bits per heavy atom. The second-order valence-electron chi connectivity index (χ2n) is 4.41. The Hall–Kier alpha value is -1.35. The van der Waals surface area contributed by atoms with Crippen molar-refractivity contribution in [3.05, 3.63) is 0 Å². The lowest BCUT2D eigenvalue weighted by atomic mass is 10.0. The SMILES string of the molecule is CNS(=O)(=O)CCNC(=O)NC1CCCC1C(=O)O. The van der Waals surface area contributed by atoms with Gasteiger partial charge in [0, 0.05) is 12.6 Å². The van der Waals surface area contributed by atoms with E-state index in [1.54, 1.807) is 0 Å². The van der Waals surface area contributed by atoms with E-state index in [4.69, 9.17) is 5.11 Å². The van der Waals surface area contributed by atoms with Gasteiger partial charge in [0.1, 0.15) is 0 Å². The zero-order chi connectivity index (χ0) is 14.5. The van der Waals surface area contributed by atoms with Crippen LogP contribution in [-0.2, 0) is 14.8 Å². The summed E-state index contributed by atoms with van der Waals surface area (Å²) in [6.45, 7) is -0.0283. The van der Waals surface area contributed by atoms with Crippen LogP contribution in [0.25, 0.3) is 0 Å². The molecule has 0 radical (unpaired) electrons. The number of sulfonamides is 1. The van der Waals surface area contributed by atoms with Gasteiger partial charge in [-0.2, -0.15) is 0 Å². The Labute approximate surface area is 112 Å². The normalized spacial score (nSPS) is 23.0. The van der Waals surface area contributed by atoms with Crippen molar-refractivity contribution >= 4 is 22.0 Å². The molecule has 1 aliphatic carbocycles. The summed E-state index contributed by atoms with van der Waals surface area (Å²) >= 11 is 0. The lowest BCUT2D eigenvalue weighted by Crippen LogP contribution is -2.46. The molecule has 0 aromatic heterocycles. The minimum absolute atomic E-state index is 0.0283. The number of urea groups is 1. The summed E-state index contributed by atoms with van der Waals surface area (Å²) < 4.78 is 24.3. The van der Waals surface area contributed by atoms with E-state index in [2.05, 4.69) is 15.4 Å². The van der Waals surface area contributed by atoms with Crippen LogP contribution in [0.4, 0.5) is 4.79 Å². The minimum atomic E-state index is -3.35. The highest BCUT2D eigenvalue weighted by Crippen LogP contribution is 2.25. The maximum atomic E-state index is 11.5. The van der Waals surface area contributed by atoms with Crippen LogP contribution in [0.1, 0.15) is 19.3 Å². The maximum absolute atomic E-state index is 11.5. The predicted octanol–water partition coefficient (Wildman–Crippen LogP) is -0.912. The van der Waals surface area contributed by atoms with E-state index in [1.165, 1.54) is 7.05 Å². The molecule has 4 N–H and O–H groups in total. The van der Waals surface area contributed by atoms with Crippen LogP contribution < -0.4 is 15.4 Å². The first-order valence-corrected chi connectivity index (χ1v) is 7.69. The molecular weight excluding hydrogens is 274 g/mol. The third kappa shape index (κ3) is 5.03. The molecule has 2 amide bonds. The largest absolute Gasteiger partial charge is 0.481 e. The van der Waals surface area contributed by atoms with Gasteiger partial charge >= 0.3 is 12.0 Å². The van der Waals surface area contributed by atoms with Gasteiger partial charge in [0.05, 0.1) is 11.7 Å². The fourth-order valence-electron chi connectivity index (χ4n) is 2.05. The molecule has 0 aliphatic heterocycles. The van der Waals surface area contributed by atoms with Crippen molar-refractivity contribution in [1.82, 2.24) is 15.4 Å². The summed E-state index contributed by atoms with van der Waals surface area (Å²) in [6.07, 6.45) is 1.93. The highest BCUT2D eigenvalue weighted by Gasteiger charge is 2.33. The van der Waals surface area contributed by atoms with Gasteiger partial charge in [0.15, 0.2) is 0 Å². The van der Waals surface area contributed by atoms with E-state index in [0.717, 1.165) is 6.42 Å². The van der Waals surface area contributed by atoms with E-state index in [9.17, 15) is 18.0 Å². The summed E-state index contributed by atoms with van der Waals surface area (Å²) in [6, 6.07) is -0.928. The molecule has 0 saturated heterocycles. The molecule has 1 aliphatic rings. The average molecular weight is 293 g/mol. The van der Waals surface area contributed by atoms with Crippen molar-refractivity contribution in [2.45, 2.75) is 25.3 Å². The first kappa shape index (κ1) is 15.7. The third-order valence-corrected chi connectivity index (χ3v) is 4.48. The van der Waals surface area contributed by atoms with Crippen LogP contribution in [0.15, 0.2) is 0 Å². The van der Waals surface area contributed by atoms with Crippen LogP contribution in [-0.4, -0.2) is 50.9 Å². The number of carbonyl (C=O) groups is 2. The van der Waals surface area contributed by atoms with Gasteiger partial charge in [-0.15, -0.1) is 0 Å². The van der Waals surface area contributed by atoms with Crippen LogP contribution in [0.3, 0.4) is 0 Å². The molecule has 110 valence electrons. The Morgan fingerprint density at radius 3 is 2.58 bits per heavy atom. The Morgan fingerprint density at radius 2 is 2.00 bits per heavy atom. The van der Waals surface area contributed by atoms with Crippen molar-refractivity contribution in [2.75, 3.05) is 19.3 Å². The molecule has 0 bridgehead atoms. The number of aliphatic carboxylic acids is 1. The van der Waals surface area contributed by atoms with Crippen molar-refractivity contribution in [3.63, 3.8) is 0 Å². The maximum Gasteiger partial charge on any atom is 0.315 e. The molecule has 0 aromatic rings. The van der Waals surface area contributed by atoms with Crippen LogP contribution in [0.5, 0.6) is 0 Å². The Balaban J connectivity index is 2.33. The standard InChI is InChI=1S/C10H19N3O5S/c1-11-19(17,18)6-5-12-10(16)13-8-4-2-3-7(8)9(14)15/h7-8,11H,2-6H2,1H3,(H,14,15)(H2,12,13,16). The summed E-state index contributed by atoms with van der Waals surface area (Å²) in [5.74, 6) is -1.70. The van der Waals surface area contributed by atoms with E-state index in [0.29, 0.717) is 12.8 Å². The summed E-state index contributed by atoms with van der Waals surface area (Å²) in [5, 5.41) is 13.9. The van der Waals surface area contributed by atoms with Gasteiger partial charge < -0.3 is 15.7 Å². The van der Waals surface area contributed by atoms with Gasteiger partial charge in [-0.3, -0.25) is 4.79 Å². The quantitative estimate of drug-likeness (QED) is 0.504. The molecule has 2 unspecified atom stereocenters. The number of carboxylic acid groups (broad SMARTS) is 1. The second kappa shape index (κ2) is 6.71. The zero-order valence-corrected chi connectivity index (χ0v) is 11.5. The monoisotopic (exact) mass is 293 g/mol. The van der Waals surface area contributed by atoms with Crippen LogP contribution in [0.2, 0.25) is 0 Å². The average Bonchev–Trinajstić information content (AvgIpc) is 2.77. The molecule has 8 nitrogen and oxygen atoms in total. The zero-order valence-electron chi connectivity index (χ0n) is 10.7. The topological polar surface area (TPSA) is 125 Å². The number of carboxylic acids is 1. The molecule has 0 heterocycles. The van der Waals surface area contributed by atoms with E-state index >= 15 is 0 Å². The third-order valence-electron chi connectivity index (χ3n) is 3.12. The second-order valence-corrected chi connectivity index (χ2v) is 6.45. The van der Waals surface area contributed by atoms with Gasteiger partial charge in [-0.25, -0.2) is 17.9 Å². The number of hydrogen-bond acceptors (Lipinski definition) is 4. The van der Waals surface area contributed by atoms with Crippen LogP contribution in [0, 0.1) is 5.92 Å². The molecule has 0 spiro atoms. The molecule has 1 saturated carbocycles. The summed E-state index contributed by atoms with van der Waals surface area (Å²) in [7, 11) is -2.06. The molecular formula is C10H19N3O5S. The van der Waals surface area contributed by atoms with E-state index in [1.807, 2.05) is 0 Å². The van der Waals surface area contributed by atoms with E-state index in [-0.39, 0.29) is 12.3 Å². The molecule has 9 heteroatoms. The number of rotatable bonds is 6. The minimum Gasteiger partial charge on any atom is -0.481 e. The number of amides is 2. The Bertz CT molecular complexity index is 436. The van der Waals surface area contributed by atoms with E-state index < -0.39 is 34.0 Å². The highest BCUT2D eigenvalue weighted by molar-refractivity contribution is 7.89. The first-order valence-electron chi connectivity index (χ1n) is 6.04. The lowest BCUT2D eigenvalue weighted by molar-refractivity contribution is -0.142. The lowest BCUT2D eigenvalue weighted by Gasteiger charge is -2.17. The van der Waals surface area contributed by atoms with Crippen LogP contribution >= 0.6 is 0 Å². The molecule has 1 rings (SSSR count). The molecule has 1 fully saturated rings. The fourth-order valence-corrected chi connectivity index (χ4v) is 2.62. The fraction of sp³-hybridized carbons (Fsp3) is 0.800. The first-order chi connectivity index (χ1) is 8.85. The van der Waals surface area contributed by atoms with Crippen molar-refractivity contribution in [2.24, 2.45) is 5.92 Å². The van der Waals surface area contributed by atoms with Crippen molar-refractivity contribution < 1.29 is 23.1 Å². The van der Waals surface area contributed by atoms with Crippen molar-refractivity contribution in [3.8, 4) is 0 Å². The molecule has 19 heavy (non-hydrogen) atoms. The van der Waals surface area contributed by atoms with Gasteiger partial charge in [-0.1, -0.05) is 6.42 Å². The smallest absolute Gasteiger partial charge is 0.315 e. The van der Waals surface area contributed by atoms with Crippen molar-refractivity contribution in [1.29, 1.82) is 0 Å².